The number of fused-ring (bicyclic) bond motifs is 1. The van der Waals surface area contributed by atoms with Gasteiger partial charge in [0.1, 0.15) is 0 Å². The first kappa shape index (κ1) is 12.5. The number of aromatic nitrogens is 4. The van der Waals surface area contributed by atoms with E-state index in [4.69, 9.17) is 4.11 Å². The van der Waals surface area contributed by atoms with Crippen LogP contribution in [0.15, 0.2) is 36.8 Å². The molecule has 0 atom stereocenters. The highest BCUT2D eigenvalue weighted by molar-refractivity contribution is 5.92. The fourth-order valence-electron chi connectivity index (χ4n) is 3.04. The molecule has 3 heterocycles. The number of nitrogens with zero attached hydrogens (tertiary/aromatic N) is 5. The Kier molecular flexibility index (Phi) is 3.31. The van der Waals surface area contributed by atoms with E-state index < -0.39 is 6.98 Å². The van der Waals surface area contributed by atoms with E-state index in [1.54, 1.807) is 6.20 Å². The first-order valence-electron chi connectivity index (χ1n) is 9.73. The first-order chi connectivity index (χ1) is 13.4. The minimum atomic E-state index is -2.32. The maximum absolute atomic E-state index is 12.2. The topological polar surface area (TPSA) is 75.9 Å². The molecule has 128 valence electrons. The Balaban J connectivity index is 1.55. The van der Waals surface area contributed by atoms with Gasteiger partial charge < -0.3 is 0 Å². The Morgan fingerprint density at radius 1 is 1.28 bits per heavy atom. The van der Waals surface area contributed by atoms with Gasteiger partial charge in [0.15, 0.2) is 0 Å². The Labute approximate surface area is 149 Å². The van der Waals surface area contributed by atoms with Crippen molar-refractivity contribution in [3.05, 3.63) is 36.8 Å². The molecule has 7 nitrogen and oxygen atoms in total. The van der Waals surface area contributed by atoms with Crippen LogP contribution in [0.2, 0.25) is 0 Å². The second-order valence-corrected chi connectivity index (χ2v) is 6.17. The zero-order chi connectivity index (χ0) is 19.7. The normalized spacial score (nSPS) is 17.2. The van der Waals surface area contributed by atoms with Crippen LogP contribution in [0, 0.1) is 0 Å². The molecule has 25 heavy (non-hydrogen) atoms. The lowest BCUT2D eigenvalue weighted by atomic mass is 10.1. The zero-order valence-electron chi connectivity index (χ0n) is 16.6. The average molecular weight is 339 g/mol. The van der Waals surface area contributed by atoms with Crippen LogP contribution in [-0.2, 0) is 11.8 Å². The van der Waals surface area contributed by atoms with Crippen molar-refractivity contribution in [3.63, 3.8) is 0 Å². The summed E-state index contributed by atoms with van der Waals surface area (Å²) < 4.78 is 23.2. The standard InChI is InChI=1S/C18H20N6O/c1-23-11-15(10-20-23)13-4-5-14-9-19-18(21-16(14)8-13)22-17(25)12-24-6-2-3-7-24/h4-5,8-11H,2-3,6-7,12H2,1H3,(H,19,21,22,25)/i1D3. The molecule has 3 aromatic rings. The molecule has 0 unspecified atom stereocenters. The SMILES string of the molecule is [2H]C([2H])([2H])n1cc(-c2ccc3cnc(NC(=O)CN4CCCC4)nc3c2)cn1. The Morgan fingerprint density at radius 3 is 2.96 bits per heavy atom. The summed E-state index contributed by atoms with van der Waals surface area (Å²) >= 11 is 0. The van der Waals surface area contributed by atoms with E-state index in [2.05, 4.69) is 25.3 Å². The number of hydrogen-bond donors (Lipinski definition) is 1. The van der Waals surface area contributed by atoms with Gasteiger partial charge in [0.25, 0.3) is 0 Å². The van der Waals surface area contributed by atoms with Crippen LogP contribution in [0.5, 0.6) is 0 Å². The van der Waals surface area contributed by atoms with Gasteiger partial charge in [-0.2, -0.15) is 5.10 Å². The smallest absolute Gasteiger partial charge is 0.240 e. The van der Waals surface area contributed by atoms with Crippen molar-refractivity contribution in [3.8, 4) is 11.1 Å². The molecule has 2 aromatic heterocycles. The third-order valence-corrected chi connectivity index (χ3v) is 4.32. The molecule has 0 spiro atoms. The molecule has 0 bridgehead atoms. The molecule has 1 aliphatic rings. The number of amides is 1. The molecule has 4 rings (SSSR count). The van der Waals surface area contributed by atoms with Crippen LogP contribution in [0.25, 0.3) is 22.0 Å². The van der Waals surface area contributed by atoms with Crippen LogP contribution < -0.4 is 5.32 Å². The van der Waals surface area contributed by atoms with E-state index >= 15 is 0 Å². The highest BCUT2D eigenvalue weighted by Gasteiger charge is 2.15. The van der Waals surface area contributed by atoms with Gasteiger partial charge in [-0.05, 0) is 37.6 Å². The second-order valence-electron chi connectivity index (χ2n) is 6.17. The van der Waals surface area contributed by atoms with Crippen LogP contribution in [0.4, 0.5) is 5.95 Å². The van der Waals surface area contributed by atoms with Crippen LogP contribution in [-0.4, -0.2) is 50.2 Å². The monoisotopic (exact) mass is 339 g/mol. The molecule has 1 aliphatic heterocycles. The molecule has 0 saturated carbocycles. The molecule has 0 radical (unpaired) electrons. The van der Waals surface area contributed by atoms with Crippen LogP contribution in [0.1, 0.15) is 17.0 Å². The van der Waals surface area contributed by atoms with Crippen molar-refractivity contribution < 1.29 is 8.91 Å². The summed E-state index contributed by atoms with van der Waals surface area (Å²) in [4.78, 5) is 22.9. The fourth-order valence-corrected chi connectivity index (χ4v) is 3.04. The van der Waals surface area contributed by atoms with Crippen molar-refractivity contribution in [1.29, 1.82) is 0 Å². The predicted octanol–water partition coefficient (Wildman–Crippen LogP) is 2.06. The maximum atomic E-state index is 12.2. The predicted molar refractivity (Wildman–Crippen MR) is 96.0 cm³/mol. The zero-order valence-corrected chi connectivity index (χ0v) is 13.6. The molecule has 1 aromatic carbocycles. The van der Waals surface area contributed by atoms with Crippen molar-refractivity contribution >= 4 is 22.8 Å². The van der Waals surface area contributed by atoms with Gasteiger partial charge in [-0.1, -0.05) is 12.1 Å². The lowest BCUT2D eigenvalue weighted by Gasteiger charge is -2.13. The number of likely N-dealkylation sites (tertiary alicyclic amines) is 1. The summed E-state index contributed by atoms with van der Waals surface area (Å²) in [6.45, 7) is -0.0849. The number of aryl methyl sites for hydroxylation is 1. The lowest BCUT2D eigenvalue weighted by molar-refractivity contribution is -0.117. The van der Waals surface area contributed by atoms with Gasteiger partial charge in [-0.3, -0.25) is 19.7 Å². The summed E-state index contributed by atoms with van der Waals surface area (Å²) in [7, 11) is 0. The van der Waals surface area contributed by atoms with E-state index in [0.717, 1.165) is 41.6 Å². The van der Waals surface area contributed by atoms with E-state index in [1.807, 2.05) is 18.2 Å². The molecule has 7 heteroatoms. The van der Waals surface area contributed by atoms with Gasteiger partial charge in [-0.25, -0.2) is 9.97 Å². The van der Waals surface area contributed by atoms with Gasteiger partial charge in [0.05, 0.1) is 18.3 Å². The van der Waals surface area contributed by atoms with E-state index in [1.165, 1.54) is 12.4 Å². The Morgan fingerprint density at radius 2 is 2.16 bits per heavy atom. The number of nitrogens with one attached hydrogen (secondary N) is 1. The van der Waals surface area contributed by atoms with Gasteiger partial charge in [0, 0.05) is 34.4 Å². The Hall–Kier alpha value is -2.80. The minimum Gasteiger partial charge on any atom is -0.295 e. The summed E-state index contributed by atoms with van der Waals surface area (Å²) in [5, 5.41) is 7.48. The largest absolute Gasteiger partial charge is 0.295 e. The van der Waals surface area contributed by atoms with Gasteiger partial charge in [-0.15, -0.1) is 0 Å². The Bertz CT molecular complexity index is 1010. The second kappa shape index (κ2) is 6.60. The lowest BCUT2D eigenvalue weighted by Crippen LogP contribution is -2.31. The average Bonchev–Trinajstić information content (AvgIpc) is 3.32. The summed E-state index contributed by atoms with van der Waals surface area (Å²) in [5.74, 6) is 0.128. The van der Waals surface area contributed by atoms with Crippen molar-refractivity contribution in [1.82, 2.24) is 24.6 Å². The highest BCUT2D eigenvalue weighted by Crippen LogP contribution is 2.23. The number of benzene rings is 1. The quantitative estimate of drug-likeness (QED) is 0.787. The van der Waals surface area contributed by atoms with Gasteiger partial charge >= 0.3 is 0 Å². The molecule has 0 aliphatic carbocycles. The van der Waals surface area contributed by atoms with Crippen molar-refractivity contribution in [2.24, 2.45) is 6.98 Å². The number of carbonyl (C=O) groups excluding carboxylic acids is 1. The van der Waals surface area contributed by atoms with Crippen LogP contribution in [0.3, 0.4) is 0 Å². The van der Waals surface area contributed by atoms with Crippen molar-refractivity contribution in [2.75, 3.05) is 25.0 Å². The first-order valence-corrected chi connectivity index (χ1v) is 8.23. The minimum absolute atomic E-state index is 0.128. The van der Waals surface area contributed by atoms with E-state index in [-0.39, 0.29) is 11.9 Å². The van der Waals surface area contributed by atoms with E-state index in [0.29, 0.717) is 17.6 Å². The number of rotatable bonds is 4. The molecule has 1 fully saturated rings. The molecular weight excluding hydrogens is 316 g/mol. The molecule has 1 N–H and O–H groups in total. The van der Waals surface area contributed by atoms with E-state index in [9.17, 15) is 4.79 Å². The summed E-state index contributed by atoms with van der Waals surface area (Å²) in [5.41, 5.74) is 2.12. The fraction of sp³-hybridized carbons (Fsp3) is 0.333. The highest BCUT2D eigenvalue weighted by atomic mass is 16.2. The number of hydrogen-bond acceptors (Lipinski definition) is 5. The molecular formula is C18H20N6O. The molecule has 1 amide bonds. The summed E-state index contributed by atoms with van der Waals surface area (Å²) in [6, 6.07) is 5.54. The van der Waals surface area contributed by atoms with Gasteiger partial charge in [0.2, 0.25) is 11.9 Å². The maximum Gasteiger partial charge on any atom is 0.240 e. The van der Waals surface area contributed by atoms with Crippen molar-refractivity contribution in [2.45, 2.75) is 12.8 Å². The third-order valence-electron chi connectivity index (χ3n) is 4.32. The number of anilines is 1. The third kappa shape index (κ3) is 3.51. The van der Waals surface area contributed by atoms with Crippen LogP contribution >= 0.6 is 0 Å². The molecule has 1 saturated heterocycles. The summed E-state index contributed by atoms with van der Waals surface area (Å²) in [6.07, 6.45) is 6.90. The number of carbonyl (C=O) groups is 1.